The summed E-state index contributed by atoms with van der Waals surface area (Å²) in [5.74, 6) is 0.350. The molecule has 144 valence electrons. The zero-order chi connectivity index (χ0) is 19.7. The van der Waals surface area contributed by atoms with Gasteiger partial charge >= 0.3 is 0 Å². The highest BCUT2D eigenvalue weighted by Gasteiger charge is 2.17. The van der Waals surface area contributed by atoms with Crippen LogP contribution in [0.3, 0.4) is 0 Å². The largest absolute Gasteiger partial charge is 0.324 e. The Hall–Kier alpha value is -3.29. The first-order chi connectivity index (χ1) is 13.5. The highest BCUT2D eigenvalue weighted by Crippen LogP contribution is 2.29. The predicted molar refractivity (Wildman–Crippen MR) is 106 cm³/mol. The smallest absolute Gasteiger partial charge is 0.267 e. The molecular weight excluding hydrogens is 356 g/mol. The van der Waals surface area contributed by atoms with Crippen molar-refractivity contribution in [2.75, 3.05) is 5.32 Å². The fourth-order valence-corrected chi connectivity index (χ4v) is 3.42. The zero-order valence-electron chi connectivity index (χ0n) is 15.9. The maximum absolute atomic E-state index is 12.5. The van der Waals surface area contributed by atoms with Crippen LogP contribution in [0, 0.1) is 12.8 Å². The van der Waals surface area contributed by atoms with Gasteiger partial charge in [0.05, 0.1) is 5.69 Å². The standard InChI is InChI=1S/C20H22N6O2/c1-13-3-5-15(6-4-13)20-14(2)9-19(28)26(24-20)11-18(27)23-16-7-8-25-17(10-16)21-12-22-25/h5,7-10,12-13H,3-4,6,11H2,1-2H3,(H,23,27). The van der Waals surface area contributed by atoms with Crippen LogP contribution in [0.15, 0.2) is 41.6 Å². The molecule has 0 aromatic carbocycles. The van der Waals surface area contributed by atoms with Gasteiger partial charge in [-0.05, 0) is 49.3 Å². The van der Waals surface area contributed by atoms with E-state index in [1.54, 1.807) is 28.9 Å². The van der Waals surface area contributed by atoms with Gasteiger partial charge in [0, 0.05) is 24.0 Å². The summed E-state index contributed by atoms with van der Waals surface area (Å²) in [7, 11) is 0. The number of carbonyl (C=O) groups is 1. The summed E-state index contributed by atoms with van der Waals surface area (Å²) in [5, 5.41) is 11.3. The van der Waals surface area contributed by atoms with Crippen LogP contribution < -0.4 is 10.9 Å². The van der Waals surface area contributed by atoms with E-state index in [4.69, 9.17) is 0 Å². The second kappa shape index (κ2) is 7.38. The Balaban J connectivity index is 1.54. The van der Waals surface area contributed by atoms with Crippen molar-refractivity contribution in [3.8, 4) is 0 Å². The minimum Gasteiger partial charge on any atom is -0.324 e. The lowest BCUT2D eigenvalue weighted by Crippen LogP contribution is -2.30. The highest BCUT2D eigenvalue weighted by atomic mass is 16.2. The molecule has 3 aromatic rings. The number of pyridine rings is 1. The van der Waals surface area contributed by atoms with Gasteiger partial charge in [-0.15, -0.1) is 0 Å². The van der Waals surface area contributed by atoms with Gasteiger partial charge in [-0.3, -0.25) is 9.59 Å². The number of fused-ring (bicyclic) bond motifs is 1. The molecule has 0 aliphatic heterocycles. The number of rotatable bonds is 4. The molecule has 1 aliphatic carbocycles. The van der Waals surface area contributed by atoms with Gasteiger partial charge in [0.2, 0.25) is 5.91 Å². The number of hydrogen-bond donors (Lipinski definition) is 1. The van der Waals surface area contributed by atoms with E-state index in [0.717, 1.165) is 36.1 Å². The molecule has 3 heterocycles. The molecule has 0 fully saturated rings. The summed E-state index contributed by atoms with van der Waals surface area (Å²) in [5.41, 5.74) is 3.75. The lowest BCUT2D eigenvalue weighted by atomic mass is 9.88. The average molecular weight is 378 g/mol. The molecule has 8 nitrogen and oxygen atoms in total. The normalized spacial score (nSPS) is 16.8. The van der Waals surface area contributed by atoms with Crippen LogP contribution in [0.1, 0.15) is 37.4 Å². The molecular formula is C20H22N6O2. The maximum atomic E-state index is 12.5. The molecule has 1 atom stereocenters. The molecule has 1 N–H and O–H groups in total. The maximum Gasteiger partial charge on any atom is 0.267 e. The number of anilines is 1. The third kappa shape index (κ3) is 3.71. The Morgan fingerprint density at radius 1 is 1.36 bits per heavy atom. The van der Waals surface area contributed by atoms with Gasteiger partial charge in [-0.1, -0.05) is 13.0 Å². The van der Waals surface area contributed by atoms with Gasteiger partial charge in [0.1, 0.15) is 12.9 Å². The summed E-state index contributed by atoms with van der Waals surface area (Å²) in [6.07, 6.45) is 8.42. The minimum absolute atomic E-state index is 0.145. The van der Waals surface area contributed by atoms with Gasteiger partial charge in [0.15, 0.2) is 5.65 Å². The first kappa shape index (κ1) is 18.1. The number of amides is 1. The van der Waals surface area contributed by atoms with Crippen molar-refractivity contribution in [2.24, 2.45) is 5.92 Å². The number of aromatic nitrogens is 5. The Morgan fingerprint density at radius 3 is 3.00 bits per heavy atom. The molecule has 0 bridgehead atoms. The fraction of sp³-hybridized carbons (Fsp3) is 0.350. The molecule has 1 aliphatic rings. The minimum atomic E-state index is -0.320. The third-order valence-corrected chi connectivity index (χ3v) is 5.02. The number of nitrogens with one attached hydrogen (secondary N) is 1. The summed E-state index contributed by atoms with van der Waals surface area (Å²) in [6.45, 7) is 3.98. The second-order valence-electron chi connectivity index (χ2n) is 7.31. The first-order valence-corrected chi connectivity index (χ1v) is 9.37. The van der Waals surface area contributed by atoms with Crippen molar-refractivity contribution in [2.45, 2.75) is 39.7 Å². The van der Waals surface area contributed by atoms with E-state index < -0.39 is 0 Å². The summed E-state index contributed by atoms with van der Waals surface area (Å²) < 4.78 is 2.83. The van der Waals surface area contributed by atoms with Gasteiger partial charge < -0.3 is 5.32 Å². The van der Waals surface area contributed by atoms with Crippen molar-refractivity contribution >= 4 is 22.8 Å². The van der Waals surface area contributed by atoms with Crippen LogP contribution in [0.4, 0.5) is 5.69 Å². The quantitative estimate of drug-likeness (QED) is 0.752. The molecule has 4 rings (SSSR count). The fourth-order valence-electron chi connectivity index (χ4n) is 3.42. The van der Waals surface area contributed by atoms with Crippen LogP contribution in [-0.4, -0.2) is 30.3 Å². The molecule has 1 amide bonds. The molecule has 0 radical (unpaired) electrons. The Bertz CT molecular complexity index is 1130. The third-order valence-electron chi connectivity index (χ3n) is 5.02. The SMILES string of the molecule is Cc1cc(=O)n(CC(=O)Nc2ccn3ncnc3c2)nc1C1=CCC(C)CC1. The molecule has 0 spiro atoms. The van der Waals surface area contributed by atoms with Crippen LogP contribution in [0.5, 0.6) is 0 Å². The van der Waals surface area contributed by atoms with Crippen molar-refractivity contribution in [3.63, 3.8) is 0 Å². The topological polar surface area (TPSA) is 94.2 Å². The number of hydrogen-bond acceptors (Lipinski definition) is 5. The Morgan fingerprint density at radius 2 is 2.21 bits per heavy atom. The van der Waals surface area contributed by atoms with Crippen molar-refractivity contribution in [1.82, 2.24) is 24.4 Å². The molecule has 0 saturated carbocycles. The summed E-state index contributed by atoms with van der Waals surface area (Å²) in [4.78, 5) is 28.9. The predicted octanol–water partition coefficient (Wildman–Crippen LogP) is 2.44. The molecule has 1 unspecified atom stereocenters. The number of allylic oxidation sites excluding steroid dienone is 2. The monoisotopic (exact) mass is 378 g/mol. The van der Waals surface area contributed by atoms with Gasteiger partial charge in [-0.25, -0.2) is 14.2 Å². The summed E-state index contributed by atoms with van der Waals surface area (Å²) >= 11 is 0. The summed E-state index contributed by atoms with van der Waals surface area (Å²) in [6, 6.07) is 5.00. The number of nitrogens with zero attached hydrogens (tertiary/aromatic N) is 5. The van der Waals surface area contributed by atoms with Crippen LogP contribution in [0.25, 0.3) is 11.2 Å². The molecule has 8 heteroatoms. The van der Waals surface area contributed by atoms with Gasteiger partial charge in [0.25, 0.3) is 5.56 Å². The Labute approximate surface area is 161 Å². The Kier molecular flexibility index (Phi) is 4.77. The highest BCUT2D eigenvalue weighted by molar-refractivity contribution is 5.90. The lowest BCUT2D eigenvalue weighted by molar-refractivity contribution is -0.117. The molecule has 3 aromatic heterocycles. The number of carbonyl (C=O) groups excluding carboxylic acids is 1. The van der Waals surface area contributed by atoms with Crippen molar-refractivity contribution in [3.05, 3.63) is 58.4 Å². The van der Waals surface area contributed by atoms with Gasteiger partial charge in [-0.2, -0.15) is 10.2 Å². The average Bonchev–Trinajstić information content (AvgIpc) is 3.12. The van der Waals surface area contributed by atoms with E-state index >= 15 is 0 Å². The zero-order valence-corrected chi connectivity index (χ0v) is 15.9. The van der Waals surface area contributed by atoms with E-state index in [9.17, 15) is 9.59 Å². The molecule has 0 saturated heterocycles. The van der Waals surface area contributed by atoms with Crippen molar-refractivity contribution < 1.29 is 4.79 Å². The lowest BCUT2D eigenvalue weighted by Gasteiger charge is -2.19. The van der Waals surface area contributed by atoms with Crippen LogP contribution >= 0.6 is 0 Å². The van der Waals surface area contributed by atoms with E-state index in [-0.39, 0.29) is 18.0 Å². The first-order valence-electron chi connectivity index (χ1n) is 9.37. The van der Waals surface area contributed by atoms with E-state index in [0.29, 0.717) is 17.3 Å². The van der Waals surface area contributed by atoms with Crippen molar-refractivity contribution in [1.29, 1.82) is 0 Å². The molecule has 28 heavy (non-hydrogen) atoms. The van der Waals surface area contributed by atoms with Crippen LogP contribution in [0.2, 0.25) is 0 Å². The van der Waals surface area contributed by atoms with E-state index in [2.05, 4.69) is 33.5 Å². The van der Waals surface area contributed by atoms with Crippen LogP contribution in [-0.2, 0) is 11.3 Å². The van der Waals surface area contributed by atoms with E-state index in [1.165, 1.54) is 11.0 Å². The number of aryl methyl sites for hydroxylation is 1. The second-order valence-corrected chi connectivity index (χ2v) is 7.31. The van der Waals surface area contributed by atoms with E-state index in [1.807, 2.05) is 6.92 Å².